The van der Waals surface area contributed by atoms with Crippen molar-refractivity contribution >= 4 is 23.5 Å². The molecule has 1 fully saturated rings. The first-order valence-electron chi connectivity index (χ1n) is 9.30. The van der Waals surface area contributed by atoms with E-state index in [-0.39, 0.29) is 0 Å². The Balaban J connectivity index is 1.71. The molecule has 3 heterocycles. The number of hydrogen-bond donors (Lipinski definition) is 1. The van der Waals surface area contributed by atoms with E-state index in [2.05, 4.69) is 10.3 Å². The minimum atomic E-state index is -3.10. The highest BCUT2D eigenvalue weighted by Crippen LogP contribution is 2.31. The summed E-state index contributed by atoms with van der Waals surface area (Å²) in [4.78, 5) is 29.9. The summed E-state index contributed by atoms with van der Waals surface area (Å²) in [7, 11) is 1.90. The predicted molar refractivity (Wildman–Crippen MR) is 106 cm³/mol. The maximum absolute atomic E-state index is 13.5. The van der Waals surface area contributed by atoms with E-state index in [1.807, 2.05) is 43.1 Å². The largest absolute Gasteiger partial charge is 0.357 e. The molecule has 1 atom stereocenters. The summed E-state index contributed by atoms with van der Waals surface area (Å²) in [5, 5.41) is 11.5. The van der Waals surface area contributed by atoms with Crippen LogP contribution < -0.4 is 5.32 Å². The number of pyridine rings is 1. The van der Waals surface area contributed by atoms with E-state index in [4.69, 9.17) is 5.26 Å². The molecule has 1 aliphatic heterocycles. The predicted octanol–water partition coefficient (Wildman–Crippen LogP) is 2.47. The molecule has 0 spiro atoms. The molecule has 1 saturated heterocycles. The molecule has 0 bridgehead atoms. The summed E-state index contributed by atoms with van der Waals surface area (Å²) in [5.41, 5.74) is 2.66. The number of halogens is 2. The van der Waals surface area contributed by atoms with Crippen molar-refractivity contribution in [1.29, 1.82) is 5.26 Å². The summed E-state index contributed by atoms with van der Waals surface area (Å²) in [5.74, 6) is -4.35. The lowest BCUT2D eigenvalue weighted by Crippen LogP contribution is -2.43. The van der Waals surface area contributed by atoms with Gasteiger partial charge in [0.2, 0.25) is 5.91 Å². The number of nitrogens with zero attached hydrogens (tertiary/aromatic N) is 4. The van der Waals surface area contributed by atoms with Gasteiger partial charge >= 0.3 is 0 Å². The summed E-state index contributed by atoms with van der Waals surface area (Å²) in [6.45, 7) is 0.547. The molecular formula is C21H21F2N5O2. The van der Waals surface area contributed by atoms with Gasteiger partial charge in [-0.15, -0.1) is 0 Å². The molecule has 156 valence electrons. The van der Waals surface area contributed by atoms with Crippen LogP contribution in [0.15, 0.2) is 36.9 Å². The molecule has 30 heavy (non-hydrogen) atoms. The van der Waals surface area contributed by atoms with Gasteiger partial charge in [-0.1, -0.05) is 0 Å². The van der Waals surface area contributed by atoms with Gasteiger partial charge < -0.3 is 14.8 Å². The number of carbonyl (C=O) groups excluding carboxylic acids is 2. The Bertz CT molecular complexity index is 1040. The smallest absolute Gasteiger partial charge is 0.268 e. The van der Waals surface area contributed by atoms with Crippen LogP contribution in [0.25, 0.3) is 11.6 Å². The van der Waals surface area contributed by atoms with Crippen molar-refractivity contribution in [2.75, 3.05) is 13.1 Å². The maximum atomic E-state index is 13.5. The van der Waals surface area contributed by atoms with Crippen LogP contribution in [-0.2, 0) is 11.8 Å². The highest BCUT2D eigenvalue weighted by Gasteiger charge is 2.47. The van der Waals surface area contributed by atoms with Crippen molar-refractivity contribution in [2.24, 2.45) is 7.05 Å². The van der Waals surface area contributed by atoms with Gasteiger partial charge in [-0.2, -0.15) is 5.26 Å². The standard InChI is InChI=1S/C21H21F2N5O2/c1-14(7-15-4-6-27(2)12-15)18-10-25-5-3-17(18)20(30)26-11-19(29)28-13-21(22,23)8-16(28)9-24/h3-7,10,12,16H,8,11,13H2,1-2H3,(H,26,30)/b14-7+. The topological polar surface area (TPSA) is 91.0 Å². The zero-order valence-corrected chi connectivity index (χ0v) is 16.6. The molecule has 2 amide bonds. The molecule has 9 heteroatoms. The lowest BCUT2D eigenvalue weighted by atomic mass is 10.0. The van der Waals surface area contributed by atoms with Crippen LogP contribution in [0.3, 0.4) is 0 Å². The van der Waals surface area contributed by atoms with Crippen molar-refractivity contribution in [3.8, 4) is 6.07 Å². The third-order valence-electron chi connectivity index (χ3n) is 4.87. The summed E-state index contributed by atoms with van der Waals surface area (Å²) >= 11 is 0. The molecule has 1 N–H and O–H groups in total. The van der Waals surface area contributed by atoms with Gasteiger partial charge in [-0.25, -0.2) is 8.78 Å². The van der Waals surface area contributed by atoms with E-state index >= 15 is 0 Å². The Morgan fingerprint density at radius 3 is 2.83 bits per heavy atom. The number of nitrogens with one attached hydrogen (secondary N) is 1. The Morgan fingerprint density at radius 1 is 1.40 bits per heavy atom. The molecule has 3 rings (SSSR count). The minimum absolute atomic E-state index is 0.311. The number of allylic oxidation sites excluding steroid dienone is 1. The van der Waals surface area contributed by atoms with Gasteiger partial charge in [0.25, 0.3) is 11.8 Å². The van der Waals surface area contributed by atoms with Crippen LogP contribution in [-0.4, -0.2) is 51.3 Å². The Hall–Kier alpha value is -3.54. The number of nitriles is 1. The Labute approximate surface area is 172 Å². The van der Waals surface area contributed by atoms with Crippen LogP contribution in [0.5, 0.6) is 0 Å². The second-order valence-corrected chi connectivity index (χ2v) is 7.27. The monoisotopic (exact) mass is 413 g/mol. The Kier molecular flexibility index (Phi) is 5.96. The van der Waals surface area contributed by atoms with Gasteiger partial charge in [0.15, 0.2) is 0 Å². The molecule has 0 saturated carbocycles. The van der Waals surface area contributed by atoms with Crippen molar-refractivity contribution in [3.63, 3.8) is 0 Å². The van der Waals surface area contributed by atoms with Crippen molar-refractivity contribution in [2.45, 2.75) is 25.3 Å². The first-order valence-corrected chi connectivity index (χ1v) is 9.30. The van der Waals surface area contributed by atoms with Crippen LogP contribution in [0.2, 0.25) is 0 Å². The summed E-state index contributed by atoms with van der Waals surface area (Å²) in [6, 6.07) is 3.97. The van der Waals surface area contributed by atoms with E-state index in [1.54, 1.807) is 12.3 Å². The van der Waals surface area contributed by atoms with E-state index in [1.165, 1.54) is 12.3 Å². The fourth-order valence-electron chi connectivity index (χ4n) is 3.39. The Morgan fingerprint density at radius 2 is 2.17 bits per heavy atom. The SMILES string of the molecule is C/C(=C\c1ccn(C)c1)c1cnccc1C(=O)NCC(=O)N1CC(F)(F)CC1C#N. The zero-order chi connectivity index (χ0) is 21.9. The minimum Gasteiger partial charge on any atom is -0.357 e. The second-order valence-electron chi connectivity index (χ2n) is 7.27. The molecule has 0 aliphatic carbocycles. The number of aromatic nitrogens is 2. The van der Waals surface area contributed by atoms with Crippen LogP contribution in [0, 0.1) is 11.3 Å². The number of hydrogen-bond acceptors (Lipinski definition) is 4. The fourth-order valence-corrected chi connectivity index (χ4v) is 3.39. The van der Waals surface area contributed by atoms with Gasteiger partial charge in [-0.05, 0) is 36.3 Å². The van der Waals surface area contributed by atoms with Gasteiger partial charge in [-0.3, -0.25) is 14.6 Å². The van der Waals surface area contributed by atoms with E-state index in [0.29, 0.717) is 11.1 Å². The van der Waals surface area contributed by atoms with Gasteiger partial charge in [0.1, 0.15) is 6.04 Å². The summed E-state index contributed by atoms with van der Waals surface area (Å²) in [6.07, 6.45) is 8.05. The van der Waals surface area contributed by atoms with E-state index < -0.39 is 43.3 Å². The zero-order valence-electron chi connectivity index (χ0n) is 16.6. The highest BCUT2D eigenvalue weighted by molar-refractivity contribution is 6.01. The molecule has 2 aromatic heterocycles. The molecule has 1 unspecified atom stereocenters. The quantitative estimate of drug-likeness (QED) is 0.815. The number of rotatable bonds is 5. The molecule has 7 nitrogen and oxygen atoms in total. The third-order valence-corrected chi connectivity index (χ3v) is 4.87. The first kappa shape index (κ1) is 21.2. The number of aryl methyl sites for hydroxylation is 1. The summed E-state index contributed by atoms with van der Waals surface area (Å²) < 4.78 is 29.0. The molecule has 1 aliphatic rings. The first-order chi connectivity index (χ1) is 14.2. The number of alkyl halides is 2. The van der Waals surface area contributed by atoms with Gasteiger partial charge in [0.05, 0.1) is 19.2 Å². The third kappa shape index (κ3) is 4.71. The van der Waals surface area contributed by atoms with Gasteiger partial charge in [0, 0.05) is 49.4 Å². The highest BCUT2D eigenvalue weighted by atomic mass is 19.3. The number of likely N-dealkylation sites (tertiary alicyclic amines) is 1. The second kappa shape index (κ2) is 8.45. The molecule has 0 radical (unpaired) electrons. The molecule has 2 aromatic rings. The average Bonchev–Trinajstić information content (AvgIpc) is 3.27. The van der Waals surface area contributed by atoms with Crippen molar-refractivity contribution < 1.29 is 18.4 Å². The fraction of sp³-hybridized carbons (Fsp3) is 0.333. The van der Waals surface area contributed by atoms with Crippen LogP contribution >= 0.6 is 0 Å². The van der Waals surface area contributed by atoms with Crippen molar-refractivity contribution in [3.05, 3.63) is 53.6 Å². The number of amides is 2. The van der Waals surface area contributed by atoms with Crippen LogP contribution in [0.4, 0.5) is 8.78 Å². The molecular weight excluding hydrogens is 392 g/mol. The molecule has 0 aromatic carbocycles. The van der Waals surface area contributed by atoms with E-state index in [0.717, 1.165) is 16.0 Å². The van der Waals surface area contributed by atoms with Crippen LogP contribution in [0.1, 0.15) is 34.8 Å². The maximum Gasteiger partial charge on any atom is 0.268 e. The average molecular weight is 413 g/mol. The normalized spacial score (nSPS) is 18.2. The lowest BCUT2D eigenvalue weighted by molar-refractivity contribution is -0.131. The lowest BCUT2D eigenvalue weighted by Gasteiger charge is -2.19. The van der Waals surface area contributed by atoms with E-state index in [9.17, 15) is 18.4 Å². The number of carbonyl (C=O) groups is 2. The van der Waals surface area contributed by atoms with Crippen molar-refractivity contribution in [1.82, 2.24) is 19.8 Å².